The van der Waals surface area contributed by atoms with Crippen LogP contribution in [0.5, 0.6) is 0 Å². The second-order valence-corrected chi connectivity index (χ2v) is 7.33. The van der Waals surface area contributed by atoms with Gasteiger partial charge in [0, 0.05) is 17.5 Å². The fourth-order valence-corrected chi connectivity index (χ4v) is 3.66. The molecule has 3 aromatic rings. The number of benzene rings is 1. The Bertz CT molecular complexity index is 1030. The lowest BCUT2D eigenvalue weighted by Crippen LogP contribution is -2.34. The first-order valence-electron chi connectivity index (χ1n) is 8.38. The average Bonchev–Trinajstić information content (AvgIpc) is 3.27. The number of carbonyl (C=O) groups is 2. The molecule has 0 aliphatic carbocycles. The molecule has 27 heavy (non-hydrogen) atoms. The summed E-state index contributed by atoms with van der Waals surface area (Å²) in [5.41, 5.74) is 1.70. The van der Waals surface area contributed by atoms with Gasteiger partial charge in [-0.3, -0.25) is 9.59 Å². The molecule has 138 valence electrons. The summed E-state index contributed by atoms with van der Waals surface area (Å²) < 4.78 is 19.1. The lowest BCUT2D eigenvalue weighted by Gasteiger charge is -2.24. The van der Waals surface area contributed by atoms with Crippen LogP contribution in [-0.4, -0.2) is 16.8 Å². The molecule has 0 unspecified atom stereocenters. The van der Waals surface area contributed by atoms with E-state index in [4.69, 9.17) is 4.42 Å². The summed E-state index contributed by atoms with van der Waals surface area (Å²) in [4.78, 5) is 28.8. The third kappa shape index (κ3) is 3.61. The van der Waals surface area contributed by atoms with Gasteiger partial charge in [0.1, 0.15) is 17.3 Å². The molecule has 0 bridgehead atoms. The van der Waals surface area contributed by atoms with E-state index in [1.807, 2.05) is 18.4 Å². The number of thiazole rings is 1. The molecule has 6 nitrogen and oxygen atoms in total. The van der Waals surface area contributed by atoms with Crippen LogP contribution in [0.1, 0.15) is 28.7 Å². The fourth-order valence-electron chi connectivity index (χ4n) is 3.06. The zero-order chi connectivity index (χ0) is 19.0. The Morgan fingerprint density at radius 1 is 1.41 bits per heavy atom. The van der Waals surface area contributed by atoms with Crippen molar-refractivity contribution in [2.45, 2.75) is 25.8 Å². The van der Waals surface area contributed by atoms with Crippen LogP contribution < -0.4 is 10.6 Å². The van der Waals surface area contributed by atoms with Crippen LogP contribution in [0, 0.1) is 12.7 Å². The fraction of sp³-hybridized carbons (Fsp3) is 0.211. The van der Waals surface area contributed by atoms with Crippen molar-refractivity contribution in [2.24, 2.45) is 0 Å². The Morgan fingerprint density at radius 3 is 3.04 bits per heavy atom. The molecule has 2 amide bonds. The molecule has 3 heterocycles. The van der Waals surface area contributed by atoms with E-state index < -0.39 is 11.7 Å². The number of rotatable bonds is 4. The molecular weight excluding hydrogens is 369 g/mol. The summed E-state index contributed by atoms with van der Waals surface area (Å²) in [7, 11) is 0. The van der Waals surface area contributed by atoms with Gasteiger partial charge >= 0.3 is 0 Å². The first-order valence-corrected chi connectivity index (χ1v) is 9.26. The maximum Gasteiger partial charge on any atom is 0.228 e. The maximum atomic E-state index is 13.4. The van der Waals surface area contributed by atoms with Gasteiger partial charge in [0.2, 0.25) is 11.8 Å². The zero-order valence-corrected chi connectivity index (χ0v) is 15.2. The van der Waals surface area contributed by atoms with Gasteiger partial charge in [-0.25, -0.2) is 9.37 Å². The zero-order valence-electron chi connectivity index (χ0n) is 14.4. The standard InChI is InChI=1S/C19H16FN3O3S/c1-10-22-16(9-27-10)17-5-3-12(26-17)8-21-19(25)14-7-18(24)23-15-6-11(20)2-4-13(14)15/h2-6,9,14H,7-8H2,1H3,(H,21,25)(H,23,24)/t14-/m0/s1. The van der Waals surface area contributed by atoms with Crippen molar-refractivity contribution in [3.8, 4) is 11.5 Å². The number of amides is 2. The Labute approximate surface area is 158 Å². The number of hydrogen-bond donors (Lipinski definition) is 2. The number of aromatic nitrogens is 1. The Morgan fingerprint density at radius 2 is 2.26 bits per heavy atom. The van der Waals surface area contributed by atoms with Gasteiger partial charge in [-0.2, -0.15) is 0 Å². The van der Waals surface area contributed by atoms with Crippen LogP contribution >= 0.6 is 11.3 Å². The molecular formula is C19H16FN3O3S. The molecule has 0 spiro atoms. The van der Waals surface area contributed by atoms with Crippen LogP contribution in [0.15, 0.2) is 40.1 Å². The van der Waals surface area contributed by atoms with Crippen LogP contribution in [0.2, 0.25) is 0 Å². The molecule has 0 saturated heterocycles. The lowest BCUT2D eigenvalue weighted by atomic mass is 9.89. The molecule has 2 aromatic heterocycles. The van der Waals surface area contributed by atoms with Gasteiger partial charge < -0.3 is 15.1 Å². The number of aryl methyl sites for hydroxylation is 1. The number of fused-ring (bicyclic) bond motifs is 1. The van der Waals surface area contributed by atoms with Crippen LogP contribution in [0.4, 0.5) is 10.1 Å². The van der Waals surface area contributed by atoms with Gasteiger partial charge in [-0.15, -0.1) is 11.3 Å². The number of anilines is 1. The monoisotopic (exact) mass is 385 g/mol. The summed E-state index contributed by atoms with van der Waals surface area (Å²) in [6, 6.07) is 7.62. The van der Waals surface area contributed by atoms with Gasteiger partial charge in [-0.05, 0) is 36.8 Å². The first-order chi connectivity index (χ1) is 13.0. The minimum absolute atomic E-state index is 0.0198. The molecule has 0 saturated carbocycles. The topological polar surface area (TPSA) is 84.2 Å². The molecule has 0 radical (unpaired) electrons. The number of nitrogens with one attached hydrogen (secondary N) is 2. The van der Waals surface area contributed by atoms with Crippen molar-refractivity contribution >= 4 is 28.8 Å². The highest BCUT2D eigenvalue weighted by Crippen LogP contribution is 2.33. The van der Waals surface area contributed by atoms with Crippen molar-refractivity contribution in [1.29, 1.82) is 0 Å². The molecule has 8 heteroatoms. The minimum Gasteiger partial charge on any atom is -0.458 e. The summed E-state index contributed by atoms with van der Waals surface area (Å²) in [6.07, 6.45) is 0.0198. The molecule has 1 aliphatic heterocycles. The Balaban J connectivity index is 1.46. The maximum absolute atomic E-state index is 13.4. The van der Waals surface area contributed by atoms with Gasteiger partial charge in [0.05, 0.1) is 17.5 Å². The normalized spacial score (nSPS) is 15.9. The lowest BCUT2D eigenvalue weighted by molar-refractivity contribution is -0.126. The highest BCUT2D eigenvalue weighted by atomic mass is 32.1. The first kappa shape index (κ1) is 17.4. The number of nitrogens with zero attached hydrogens (tertiary/aromatic N) is 1. The number of furan rings is 1. The number of halogens is 1. The SMILES string of the molecule is Cc1nc(-c2ccc(CNC(=O)[C@H]3CC(=O)Nc4cc(F)ccc43)o2)cs1. The van der Waals surface area contributed by atoms with Crippen LogP contribution in [0.25, 0.3) is 11.5 Å². The van der Waals surface area contributed by atoms with Gasteiger partial charge in [0.15, 0.2) is 5.76 Å². The second-order valence-electron chi connectivity index (χ2n) is 6.27. The van der Waals surface area contributed by atoms with E-state index in [9.17, 15) is 14.0 Å². The Hall–Kier alpha value is -3.00. The van der Waals surface area contributed by atoms with Crippen molar-refractivity contribution in [2.75, 3.05) is 5.32 Å². The molecule has 4 rings (SSSR count). The largest absolute Gasteiger partial charge is 0.458 e. The highest BCUT2D eigenvalue weighted by molar-refractivity contribution is 7.09. The van der Waals surface area contributed by atoms with Gasteiger partial charge in [0.25, 0.3) is 0 Å². The van der Waals surface area contributed by atoms with E-state index in [-0.39, 0.29) is 24.8 Å². The smallest absolute Gasteiger partial charge is 0.228 e. The molecule has 1 aliphatic rings. The van der Waals surface area contributed by atoms with Crippen LogP contribution in [-0.2, 0) is 16.1 Å². The van der Waals surface area contributed by atoms with Crippen molar-refractivity contribution in [3.05, 3.63) is 57.9 Å². The van der Waals surface area contributed by atoms with E-state index in [0.29, 0.717) is 22.8 Å². The summed E-state index contributed by atoms with van der Waals surface area (Å²) in [5, 5.41) is 8.25. The number of carbonyl (C=O) groups excluding carboxylic acids is 2. The van der Waals surface area contributed by atoms with E-state index in [1.165, 1.54) is 29.5 Å². The van der Waals surface area contributed by atoms with Crippen LogP contribution in [0.3, 0.4) is 0 Å². The summed E-state index contributed by atoms with van der Waals surface area (Å²) in [5.74, 6) is -0.516. The second kappa shape index (κ2) is 6.96. The number of hydrogen-bond acceptors (Lipinski definition) is 5. The summed E-state index contributed by atoms with van der Waals surface area (Å²) >= 11 is 1.53. The predicted molar refractivity (Wildman–Crippen MR) is 98.8 cm³/mol. The Kier molecular flexibility index (Phi) is 4.49. The van der Waals surface area contributed by atoms with E-state index in [2.05, 4.69) is 15.6 Å². The third-order valence-electron chi connectivity index (χ3n) is 4.34. The molecule has 1 aromatic carbocycles. The highest BCUT2D eigenvalue weighted by Gasteiger charge is 2.30. The van der Waals surface area contributed by atoms with E-state index in [0.717, 1.165) is 10.7 Å². The van der Waals surface area contributed by atoms with Crippen molar-refractivity contribution in [3.63, 3.8) is 0 Å². The predicted octanol–water partition coefficient (Wildman–Crippen LogP) is 3.59. The van der Waals surface area contributed by atoms with Gasteiger partial charge in [-0.1, -0.05) is 6.07 Å². The van der Waals surface area contributed by atoms with E-state index >= 15 is 0 Å². The summed E-state index contributed by atoms with van der Waals surface area (Å²) in [6.45, 7) is 2.11. The minimum atomic E-state index is -0.662. The van der Waals surface area contributed by atoms with E-state index in [1.54, 1.807) is 6.07 Å². The quantitative estimate of drug-likeness (QED) is 0.719. The average molecular weight is 385 g/mol. The molecule has 2 N–H and O–H groups in total. The molecule has 1 atom stereocenters. The molecule has 0 fully saturated rings. The van der Waals surface area contributed by atoms with Crippen molar-refractivity contribution < 1.29 is 18.4 Å². The third-order valence-corrected chi connectivity index (χ3v) is 5.11. The van der Waals surface area contributed by atoms with Crippen molar-refractivity contribution in [1.82, 2.24) is 10.3 Å².